The molecule has 1 N–H and O–H groups in total. The Kier molecular flexibility index (Phi) is 5.00. The van der Waals surface area contributed by atoms with E-state index in [4.69, 9.17) is 4.42 Å². The lowest BCUT2D eigenvalue weighted by Crippen LogP contribution is -2.26. The molecule has 1 aliphatic carbocycles. The molecule has 1 amide bonds. The fraction of sp³-hybridized carbons (Fsp3) is 0.438. The molecule has 2 aromatic rings. The molecular formula is C16H19N3O2S. The highest BCUT2D eigenvalue weighted by molar-refractivity contribution is 7.08. The molecule has 0 atom stereocenters. The summed E-state index contributed by atoms with van der Waals surface area (Å²) in [5, 5.41) is 14.7. The average Bonchev–Trinajstić information content (AvgIpc) is 3.19. The Bertz CT molecular complexity index is 646. The molecule has 6 heteroatoms. The molecule has 0 saturated heterocycles. The van der Waals surface area contributed by atoms with Crippen molar-refractivity contribution in [3.05, 3.63) is 34.4 Å². The van der Waals surface area contributed by atoms with Crippen LogP contribution in [-0.4, -0.2) is 22.6 Å². The third-order valence-electron chi connectivity index (χ3n) is 3.70. The zero-order valence-electron chi connectivity index (χ0n) is 12.4. The van der Waals surface area contributed by atoms with Crippen molar-refractivity contribution < 1.29 is 9.21 Å². The molecule has 1 aliphatic rings. The highest BCUT2D eigenvalue weighted by Crippen LogP contribution is 2.21. The van der Waals surface area contributed by atoms with Gasteiger partial charge in [0.2, 0.25) is 17.7 Å². The van der Waals surface area contributed by atoms with Gasteiger partial charge >= 0.3 is 0 Å². The van der Waals surface area contributed by atoms with Crippen LogP contribution in [0.1, 0.15) is 38.0 Å². The van der Waals surface area contributed by atoms with Gasteiger partial charge in [0.1, 0.15) is 6.42 Å². The van der Waals surface area contributed by atoms with Gasteiger partial charge in [-0.05, 0) is 43.6 Å². The Labute approximate surface area is 133 Å². The lowest BCUT2D eigenvalue weighted by Gasteiger charge is -2.12. The number of thiophene rings is 1. The van der Waals surface area contributed by atoms with E-state index < -0.39 is 0 Å². The second-order valence-electron chi connectivity index (χ2n) is 5.40. The molecule has 22 heavy (non-hydrogen) atoms. The minimum Gasteiger partial charge on any atom is -0.420 e. The summed E-state index contributed by atoms with van der Waals surface area (Å²) in [6.45, 7) is 0.677. The number of nitrogens with one attached hydrogen (secondary N) is 1. The number of carbonyl (C=O) groups excluding carboxylic acids is 1. The predicted octanol–water partition coefficient (Wildman–Crippen LogP) is 3.35. The Morgan fingerprint density at radius 3 is 3.09 bits per heavy atom. The molecule has 0 saturated carbocycles. The first-order valence-electron chi connectivity index (χ1n) is 7.61. The quantitative estimate of drug-likeness (QED) is 0.830. The second kappa shape index (κ2) is 7.35. The van der Waals surface area contributed by atoms with Gasteiger partial charge in [0, 0.05) is 17.5 Å². The van der Waals surface area contributed by atoms with E-state index in [2.05, 4.69) is 21.6 Å². The van der Waals surface area contributed by atoms with E-state index in [1.54, 1.807) is 11.3 Å². The minimum absolute atomic E-state index is 0.0723. The van der Waals surface area contributed by atoms with Gasteiger partial charge in [0.15, 0.2) is 0 Å². The first-order valence-corrected chi connectivity index (χ1v) is 8.55. The van der Waals surface area contributed by atoms with Crippen LogP contribution < -0.4 is 5.32 Å². The van der Waals surface area contributed by atoms with Crippen molar-refractivity contribution in [3.63, 3.8) is 0 Å². The first-order chi connectivity index (χ1) is 10.8. The fourth-order valence-corrected chi connectivity index (χ4v) is 3.15. The summed E-state index contributed by atoms with van der Waals surface area (Å²) in [7, 11) is 0. The first kappa shape index (κ1) is 15.0. The Morgan fingerprint density at radius 2 is 2.32 bits per heavy atom. The van der Waals surface area contributed by atoms with Crippen molar-refractivity contribution in [2.75, 3.05) is 6.54 Å². The molecule has 0 aromatic carbocycles. The van der Waals surface area contributed by atoms with Crippen molar-refractivity contribution in [2.24, 2.45) is 0 Å². The summed E-state index contributed by atoms with van der Waals surface area (Å²) < 4.78 is 5.51. The zero-order chi connectivity index (χ0) is 15.2. The number of allylic oxidation sites excluding steroid dienone is 1. The van der Waals surface area contributed by atoms with Gasteiger partial charge in [-0.3, -0.25) is 4.79 Å². The van der Waals surface area contributed by atoms with E-state index in [1.807, 2.05) is 16.8 Å². The van der Waals surface area contributed by atoms with Gasteiger partial charge in [-0.15, -0.1) is 10.2 Å². The number of aromatic nitrogens is 2. The van der Waals surface area contributed by atoms with Gasteiger partial charge in [0.25, 0.3) is 0 Å². The highest BCUT2D eigenvalue weighted by atomic mass is 32.1. The topological polar surface area (TPSA) is 68.0 Å². The highest BCUT2D eigenvalue weighted by Gasteiger charge is 2.12. The number of nitrogens with zero attached hydrogens (tertiary/aromatic N) is 2. The maximum Gasteiger partial charge on any atom is 0.248 e. The van der Waals surface area contributed by atoms with Crippen molar-refractivity contribution in [1.82, 2.24) is 15.5 Å². The Morgan fingerprint density at radius 1 is 1.36 bits per heavy atom. The SMILES string of the molecule is O=C(Cc1nnc(-c2ccsc2)o1)NCCC1=CCCCC1. The Balaban J connectivity index is 1.44. The largest absolute Gasteiger partial charge is 0.420 e. The van der Waals surface area contributed by atoms with E-state index in [9.17, 15) is 4.79 Å². The van der Waals surface area contributed by atoms with Gasteiger partial charge in [0.05, 0.1) is 0 Å². The summed E-state index contributed by atoms with van der Waals surface area (Å²) >= 11 is 1.57. The molecule has 116 valence electrons. The lowest BCUT2D eigenvalue weighted by atomic mass is 9.97. The zero-order valence-corrected chi connectivity index (χ0v) is 13.2. The van der Waals surface area contributed by atoms with Crippen LogP contribution in [-0.2, 0) is 11.2 Å². The van der Waals surface area contributed by atoms with E-state index >= 15 is 0 Å². The summed E-state index contributed by atoms with van der Waals surface area (Å²) in [5.74, 6) is 0.754. The average molecular weight is 317 g/mol. The van der Waals surface area contributed by atoms with Crippen LogP contribution in [0.5, 0.6) is 0 Å². The maximum absolute atomic E-state index is 11.9. The van der Waals surface area contributed by atoms with Crippen molar-refractivity contribution in [1.29, 1.82) is 0 Å². The standard InChI is InChI=1S/C16H19N3O2S/c20-14(17-8-6-12-4-2-1-3-5-12)10-15-18-19-16(21-15)13-7-9-22-11-13/h4,7,9,11H,1-3,5-6,8,10H2,(H,17,20). The van der Waals surface area contributed by atoms with Crippen LogP contribution in [0, 0.1) is 0 Å². The summed E-state index contributed by atoms with van der Waals surface area (Å²) in [6.07, 6.45) is 8.29. The summed E-state index contributed by atoms with van der Waals surface area (Å²) in [5.41, 5.74) is 2.36. The van der Waals surface area contributed by atoms with Crippen LogP contribution in [0.25, 0.3) is 11.5 Å². The van der Waals surface area contributed by atoms with E-state index in [0.29, 0.717) is 18.3 Å². The number of carbonyl (C=O) groups is 1. The summed E-state index contributed by atoms with van der Waals surface area (Å²) in [4.78, 5) is 11.9. The number of hydrogen-bond donors (Lipinski definition) is 1. The Hall–Kier alpha value is -1.95. The van der Waals surface area contributed by atoms with E-state index in [0.717, 1.165) is 12.0 Å². The second-order valence-corrected chi connectivity index (χ2v) is 6.18. The van der Waals surface area contributed by atoms with Crippen LogP contribution in [0.2, 0.25) is 0 Å². The van der Waals surface area contributed by atoms with Crippen LogP contribution >= 0.6 is 11.3 Å². The van der Waals surface area contributed by atoms with Gasteiger partial charge in [-0.25, -0.2) is 0 Å². The van der Waals surface area contributed by atoms with Gasteiger partial charge < -0.3 is 9.73 Å². The number of hydrogen-bond acceptors (Lipinski definition) is 5. The molecule has 5 nitrogen and oxygen atoms in total. The molecule has 0 aliphatic heterocycles. The molecule has 0 fully saturated rings. The molecule has 3 rings (SSSR count). The summed E-state index contributed by atoms with van der Waals surface area (Å²) in [6, 6.07) is 1.92. The smallest absolute Gasteiger partial charge is 0.248 e. The number of amides is 1. The molecule has 0 bridgehead atoms. The van der Waals surface area contributed by atoms with Crippen LogP contribution in [0.15, 0.2) is 32.9 Å². The van der Waals surface area contributed by atoms with Crippen molar-refractivity contribution in [2.45, 2.75) is 38.5 Å². The molecule has 0 spiro atoms. The fourth-order valence-electron chi connectivity index (χ4n) is 2.52. The molecule has 2 aromatic heterocycles. The minimum atomic E-state index is -0.0723. The number of rotatable bonds is 6. The molecule has 0 radical (unpaired) electrons. The maximum atomic E-state index is 11.9. The van der Waals surface area contributed by atoms with Crippen molar-refractivity contribution >= 4 is 17.2 Å². The van der Waals surface area contributed by atoms with Crippen LogP contribution in [0.4, 0.5) is 0 Å². The third-order valence-corrected chi connectivity index (χ3v) is 4.38. The van der Waals surface area contributed by atoms with Crippen molar-refractivity contribution in [3.8, 4) is 11.5 Å². The predicted molar refractivity (Wildman–Crippen MR) is 85.5 cm³/mol. The molecule has 0 unspecified atom stereocenters. The van der Waals surface area contributed by atoms with E-state index in [-0.39, 0.29) is 12.3 Å². The molecule has 2 heterocycles. The third kappa shape index (κ3) is 4.04. The monoisotopic (exact) mass is 317 g/mol. The van der Waals surface area contributed by atoms with Crippen LogP contribution in [0.3, 0.4) is 0 Å². The van der Waals surface area contributed by atoms with E-state index in [1.165, 1.54) is 31.3 Å². The normalized spacial score (nSPS) is 14.6. The molecular weight excluding hydrogens is 298 g/mol. The lowest BCUT2D eigenvalue weighted by molar-refractivity contribution is -0.120. The van der Waals surface area contributed by atoms with Gasteiger partial charge in [-0.2, -0.15) is 11.3 Å². The van der Waals surface area contributed by atoms with Gasteiger partial charge in [-0.1, -0.05) is 11.6 Å².